The van der Waals surface area contributed by atoms with Crippen LogP contribution in [0.5, 0.6) is 0 Å². The van der Waals surface area contributed by atoms with Gasteiger partial charge >= 0.3 is 0 Å². The highest BCUT2D eigenvalue weighted by atomic mass is 16.7. The average Bonchev–Trinajstić information content (AvgIpc) is 2.46. The number of aliphatic hydroxyl groups excluding tert-OH is 4. The SMILES string of the molecule is CC1C=C2CC(C)CC(OC3OC(CO)C(O)C(O)C3O)(C2)C1. The van der Waals surface area contributed by atoms with Gasteiger partial charge in [0.2, 0.25) is 0 Å². The van der Waals surface area contributed by atoms with Crippen molar-refractivity contribution in [3.63, 3.8) is 0 Å². The van der Waals surface area contributed by atoms with Gasteiger partial charge in [0.1, 0.15) is 24.4 Å². The maximum Gasteiger partial charge on any atom is 0.187 e. The molecule has 2 bridgehead atoms. The number of ether oxygens (including phenoxy) is 2. The van der Waals surface area contributed by atoms with E-state index in [9.17, 15) is 20.4 Å². The first kappa shape index (κ1) is 17.3. The standard InChI is InChI=1S/C17H28O6/c1-9-3-11-4-10(2)6-17(5-9,7-11)23-16-15(21)14(20)13(19)12(8-18)22-16/h3,9-10,12-16,18-21H,4-8H2,1-2H3. The van der Waals surface area contributed by atoms with Crippen LogP contribution in [0.1, 0.15) is 39.5 Å². The van der Waals surface area contributed by atoms with Crippen molar-refractivity contribution in [3.05, 3.63) is 11.6 Å². The van der Waals surface area contributed by atoms with Crippen LogP contribution in [-0.2, 0) is 9.47 Å². The summed E-state index contributed by atoms with van der Waals surface area (Å²) in [5, 5.41) is 39.3. The van der Waals surface area contributed by atoms with E-state index in [0.29, 0.717) is 11.8 Å². The second-order valence-corrected chi connectivity index (χ2v) is 7.69. The summed E-state index contributed by atoms with van der Waals surface area (Å²) in [6, 6.07) is 0. The third-order valence-corrected chi connectivity index (χ3v) is 5.31. The van der Waals surface area contributed by atoms with Crippen LogP contribution in [0.15, 0.2) is 11.6 Å². The fraction of sp³-hybridized carbons (Fsp3) is 0.882. The molecule has 23 heavy (non-hydrogen) atoms. The average molecular weight is 328 g/mol. The maximum atomic E-state index is 10.2. The molecule has 0 aromatic rings. The molecule has 3 rings (SSSR count). The normalized spacial score (nSPS) is 50.5. The van der Waals surface area contributed by atoms with Crippen LogP contribution < -0.4 is 0 Å². The predicted molar refractivity (Wildman–Crippen MR) is 82.5 cm³/mol. The minimum absolute atomic E-state index is 0.399. The Labute approximate surface area is 136 Å². The zero-order valence-corrected chi connectivity index (χ0v) is 13.8. The van der Waals surface area contributed by atoms with Gasteiger partial charge in [-0.1, -0.05) is 25.5 Å². The molecule has 1 heterocycles. The van der Waals surface area contributed by atoms with Gasteiger partial charge in [0, 0.05) is 0 Å². The number of fused-ring (bicyclic) bond motifs is 2. The van der Waals surface area contributed by atoms with Gasteiger partial charge in [-0.05, 0) is 37.5 Å². The molecule has 0 radical (unpaired) electrons. The Morgan fingerprint density at radius 2 is 1.91 bits per heavy atom. The van der Waals surface area contributed by atoms with Crippen LogP contribution in [0.25, 0.3) is 0 Å². The van der Waals surface area contributed by atoms with Gasteiger partial charge < -0.3 is 29.9 Å². The van der Waals surface area contributed by atoms with Crippen molar-refractivity contribution >= 4 is 0 Å². The topological polar surface area (TPSA) is 99.4 Å². The van der Waals surface area contributed by atoms with Crippen LogP contribution in [0.4, 0.5) is 0 Å². The monoisotopic (exact) mass is 328 g/mol. The highest BCUT2D eigenvalue weighted by Gasteiger charge is 2.49. The molecule has 4 N–H and O–H groups in total. The Morgan fingerprint density at radius 1 is 1.17 bits per heavy atom. The Morgan fingerprint density at radius 3 is 2.61 bits per heavy atom. The molecule has 132 valence electrons. The molecule has 8 unspecified atom stereocenters. The number of hydrogen-bond donors (Lipinski definition) is 4. The molecule has 3 aliphatic rings. The van der Waals surface area contributed by atoms with Gasteiger partial charge in [-0.25, -0.2) is 0 Å². The lowest BCUT2D eigenvalue weighted by Crippen LogP contribution is -2.61. The molecule has 0 spiro atoms. The van der Waals surface area contributed by atoms with Crippen molar-refractivity contribution in [2.24, 2.45) is 11.8 Å². The molecule has 0 aromatic heterocycles. The van der Waals surface area contributed by atoms with Crippen molar-refractivity contribution in [3.8, 4) is 0 Å². The van der Waals surface area contributed by atoms with Crippen molar-refractivity contribution in [1.29, 1.82) is 0 Å². The predicted octanol–water partition coefficient (Wildman–Crippen LogP) is 0.328. The van der Waals surface area contributed by atoms with Gasteiger partial charge in [-0.15, -0.1) is 0 Å². The summed E-state index contributed by atoms with van der Waals surface area (Å²) in [5.41, 5.74) is 0.974. The summed E-state index contributed by atoms with van der Waals surface area (Å²) in [6.07, 6.45) is -0.110. The fourth-order valence-corrected chi connectivity index (χ4v) is 4.59. The van der Waals surface area contributed by atoms with Crippen LogP contribution in [0, 0.1) is 11.8 Å². The summed E-state index contributed by atoms with van der Waals surface area (Å²) in [4.78, 5) is 0. The molecule has 0 aromatic carbocycles. The van der Waals surface area contributed by atoms with Gasteiger partial charge in [-0.2, -0.15) is 0 Å². The fourth-order valence-electron chi connectivity index (χ4n) is 4.59. The van der Waals surface area contributed by atoms with E-state index in [1.54, 1.807) is 0 Å². The molecule has 1 saturated heterocycles. The first-order valence-corrected chi connectivity index (χ1v) is 8.51. The minimum atomic E-state index is -1.39. The minimum Gasteiger partial charge on any atom is -0.394 e. The van der Waals surface area contributed by atoms with Gasteiger partial charge in [0.15, 0.2) is 6.29 Å². The van der Waals surface area contributed by atoms with Crippen molar-refractivity contribution < 1.29 is 29.9 Å². The number of allylic oxidation sites excluding steroid dienone is 1. The van der Waals surface area contributed by atoms with E-state index in [2.05, 4.69) is 19.9 Å². The molecule has 6 nitrogen and oxygen atoms in total. The lowest BCUT2D eigenvalue weighted by Gasteiger charge is -2.49. The summed E-state index contributed by atoms with van der Waals surface area (Å²) < 4.78 is 11.7. The first-order chi connectivity index (χ1) is 10.8. The maximum absolute atomic E-state index is 10.2. The van der Waals surface area contributed by atoms with E-state index in [0.717, 1.165) is 25.7 Å². The molecule has 1 saturated carbocycles. The van der Waals surface area contributed by atoms with E-state index in [-0.39, 0.29) is 0 Å². The highest BCUT2D eigenvalue weighted by Crippen LogP contribution is 2.47. The third kappa shape index (κ3) is 3.34. The second-order valence-electron chi connectivity index (χ2n) is 7.69. The van der Waals surface area contributed by atoms with Crippen molar-refractivity contribution in [1.82, 2.24) is 0 Å². The quantitative estimate of drug-likeness (QED) is 0.557. The first-order valence-electron chi connectivity index (χ1n) is 8.51. The molecular weight excluding hydrogens is 300 g/mol. The van der Waals surface area contributed by atoms with Gasteiger partial charge in [-0.3, -0.25) is 0 Å². The lowest BCUT2D eigenvalue weighted by atomic mass is 9.68. The smallest absolute Gasteiger partial charge is 0.187 e. The van der Waals surface area contributed by atoms with Crippen molar-refractivity contribution in [2.45, 2.75) is 75.8 Å². The zero-order valence-electron chi connectivity index (χ0n) is 13.8. The van der Waals surface area contributed by atoms with Crippen LogP contribution in [0.2, 0.25) is 0 Å². The molecule has 0 amide bonds. The number of rotatable bonds is 3. The van der Waals surface area contributed by atoms with Crippen LogP contribution >= 0.6 is 0 Å². The Balaban J connectivity index is 1.78. The van der Waals surface area contributed by atoms with E-state index >= 15 is 0 Å². The lowest BCUT2D eigenvalue weighted by molar-refractivity contribution is -0.331. The van der Waals surface area contributed by atoms with E-state index in [1.807, 2.05) is 0 Å². The molecule has 8 atom stereocenters. The zero-order chi connectivity index (χ0) is 16.8. The highest BCUT2D eigenvalue weighted by molar-refractivity contribution is 5.18. The number of hydrogen-bond acceptors (Lipinski definition) is 6. The van der Waals surface area contributed by atoms with Crippen LogP contribution in [0.3, 0.4) is 0 Å². The van der Waals surface area contributed by atoms with Gasteiger partial charge in [0.05, 0.1) is 12.2 Å². The molecular formula is C17H28O6. The molecule has 6 heteroatoms. The largest absolute Gasteiger partial charge is 0.394 e. The summed E-state index contributed by atoms with van der Waals surface area (Å²) in [6.45, 7) is 3.91. The summed E-state index contributed by atoms with van der Waals surface area (Å²) in [5.74, 6) is 0.892. The summed E-state index contributed by atoms with van der Waals surface area (Å²) in [7, 11) is 0. The third-order valence-electron chi connectivity index (χ3n) is 5.31. The Kier molecular flexibility index (Phi) is 4.84. The Hall–Kier alpha value is -0.500. The van der Waals surface area contributed by atoms with E-state index in [1.165, 1.54) is 5.57 Å². The second kappa shape index (κ2) is 6.43. The summed E-state index contributed by atoms with van der Waals surface area (Å²) >= 11 is 0. The van der Waals surface area contributed by atoms with Gasteiger partial charge in [0.25, 0.3) is 0 Å². The Bertz CT molecular complexity index is 464. The molecule has 2 aliphatic carbocycles. The van der Waals surface area contributed by atoms with E-state index in [4.69, 9.17) is 9.47 Å². The number of aliphatic hydroxyl groups is 4. The molecule has 1 aliphatic heterocycles. The molecule has 2 fully saturated rings. The van der Waals surface area contributed by atoms with Crippen molar-refractivity contribution in [2.75, 3.05) is 6.61 Å². The van der Waals surface area contributed by atoms with E-state index < -0.39 is 42.9 Å². The van der Waals surface area contributed by atoms with Crippen LogP contribution in [-0.4, -0.2) is 63.3 Å².